The van der Waals surface area contributed by atoms with Gasteiger partial charge in [0, 0.05) is 10.6 Å². The van der Waals surface area contributed by atoms with Gasteiger partial charge in [-0.25, -0.2) is 4.98 Å². The molecular formula is C29H23ClN2O4S. The Labute approximate surface area is 223 Å². The minimum absolute atomic E-state index is 0.00995. The third-order valence-electron chi connectivity index (χ3n) is 6.20. The van der Waals surface area contributed by atoms with Crippen LogP contribution in [0.5, 0.6) is 5.75 Å². The second kappa shape index (κ2) is 9.84. The van der Waals surface area contributed by atoms with Gasteiger partial charge in [-0.3, -0.25) is 14.5 Å². The molecule has 186 valence electrons. The van der Waals surface area contributed by atoms with Gasteiger partial charge in [0.25, 0.3) is 5.78 Å². The summed E-state index contributed by atoms with van der Waals surface area (Å²) in [5.74, 6) is -1.13. The van der Waals surface area contributed by atoms with Crippen molar-refractivity contribution in [3.63, 3.8) is 0 Å². The summed E-state index contributed by atoms with van der Waals surface area (Å²) in [6.07, 6.45) is 1.65. The molecule has 5 rings (SSSR count). The fourth-order valence-corrected chi connectivity index (χ4v) is 5.64. The summed E-state index contributed by atoms with van der Waals surface area (Å²) in [7, 11) is 0. The van der Waals surface area contributed by atoms with Crippen LogP contribution in [-0.4, -0.2) is 28.4 Å². The fraction of sp³-hybridized carbons (Fsp3) is 0.138. The third-order valence-corrected chi connectivity index (χ3v) is 7.45. The number of aliphatic hydroxyl groups excluding tert-OH is 1. The Hall–Kier alpha value is -3.94. The van der Waals surface area contributed by atoms with E-state index < -0.39 is 17.7 Å². The molecule has 1 aliphatic heterocycles. The fourth-order valence-electron chi connectivity index (χ4n) is 4.37. The van der Waals surface area contributed by atoms with Gasteiger partial charge in [-0.1, -0.05) is 65.4 Å². The first-order valence-electron chi connectivity index (χ1n) is 11.6. The van der Waals surface area contributed by atoms with Crippen molar-refractivity contribution in [2.45, 2.75) is 19.9 Å². The maximum atomic E-state index is 13.5. The quantitative estimate of drug-likeness (QED) is 0.129. The van der Waals surface area contributed by atoms with Gasteiger partial charge in [0.1, 0.15) is 18.1 Å². The average molecular weight is 531 g/mol. The van der Waals surface area contributed by atoms with Crippen LogP contribution in [0.3, 0.4) is 0 Å². The Bertz CT molecular complexity index is 1590. The Morgan fingerprint density at radius 3 is 2.62 bits per heavy atom. The van der Waals surface area contributed by atoms with Gasteiger partial charge < -0.3 is 9.84 Å². The molecule has 0 aliphatic carbocycles. The SMILES string of the molecule is C=CCOc1ccc(C2C(=C(O)c3cc(C)ccc3C)C(=O)C(=O)N2c2nc3ccc(Cl)cc3s2)cc1. The normalized spacial score (nSPS) is 16.9. The molecule has 8 heteroatoms. The van der Waals surface area contributed by atoms with Crippen molar-refractivity contribution in [2.24, 2.45) is 0 Å². The molecule has 1 fully saturated rings. The number of anilines is 1. The molecule has 1 unspecified atom stereocenters. The van der Waals surface area contributed by atoms with Gasteiger partial charge in [-0.2, -0.15) is 0 Å². The summed E-state index contributed by atoms with van der Waals surface area (Å²) in [4.78, 5) is 32.9. The predicted molar refractivity (Wildman–Crippen MR) is 147 cm³/mol. The second-order valence-corrected chi connectivity index (χ2v) is 10.2. The van der Waals surface area contributed by atoms with Crippen LogP contribution >= 0.6 is 22.9 Å². The summed E-state index contributed by atoms with van der Waals surface area (Å²) < 4.78 is 6.38. The van der Waals surface area contributed by atoms with E-state index in [1.807, 2.05) is 26.0 Å². The van der Waals surface area contributed by atoms with E-state index in [2.05, 4.69) is 11.6 Å². The van der Waals surface area contributed by atoms with Gasteiger partial charge in [0.2, 0.25) is 0 Å². The Balaban J connectivity index is 1.71. The van der Waals surface area contributed by atoms with E-state index in [0.717, 1.165) is 15.8 Å². The summed E-state index contributed by atoms with van der Waals surface area (Å²) in [5.41, 5.74) is 3.52. The van der Waals surface area contributed by atoms with Crippen LogP contribution in [0, 0.1) is 13.8 Å². The van der Waals surface area contributed by atoms with Crippen molar-refractivity contribution in [1.29, 1.82) is 0 Å². The average Bonchev–Trinajstić information content (AvgIpc) is 3.41. The summed E-state index contributed by atoms with van der Waals surface area (Å²) in [5, 5.41) is 12.4. The summed E-state index contributed by atoms with van der Waals surface area (Å²) in [6, 6.07) is 17.1. The number of carbonyl (C=O) groups is 2. The number of fused-ring (bicyclic) bond motifs is 1. The van der Waals surface area contributed by atoms with E-state index in [0.29, 0.717) is 39.2 Å². The number of ether oxygens (including phenoxy) is 1. The van der Waals surface area contributed by atoms with Crippen LogP contribution in [-0.2, 0) is 9.59 Å². The number of rotatable bonds is 6. The van der Waals surface area contributed by atoms with Crippen molar-refractivity contribution >= 4 is 55.7 Å². The molecule has 6 nitrogen and oxygen atoms in total. The lowest BCUT2D eigenvalue weighted by Crippen LogP contribution is -2.29. The maximum Gasteiger partial charge on any atom is 0.301 e. The van der Waals surface area contributed by atoms with Gasteiger partial charge in [0.15, 0.2) is 5.13 Å². The molecule has 1 saturated heterocycles. The van der Waals surface area contributed by atoms with E-state index in [-0.39, 0.29) is 11.3 Å². The van der Waals surface area contributed by atoms with Crippen molar-refractivity contribution in [3.8, 4) is 5.75 Å². The lowest BCUT2D eigenvalue weighted by atomic mass is 9.93. The Morgan fingerprint density at radius 2 is 1.89 bits per heavy atom. The largest absolute Gasteiger partial charge is 0.507 e. The lowest BCUT2D eigenvalue weighted by Gasteiger charge is -2.23. The summed E-state index contributed by atoms with van der Waals surface area (Å²) in [6.45, 7) is 7.76. The lowest BCUT2D eigenvalue weighted by molar-refractivity contribution is -0.132. The number of aromatic nitrogens is 1. The Kier molecular flexibility index (Phi) is 6.58. The zero-order valence-corrected chi connectivity index (χ0v) is 21.8. The van der Waals surface area contributed by atoms with Crippen LogP contribution in [0.2, 0.25) is 5.02 Å². The van der Waals surface area contributed by atoms with Crippen molar-refractivity contribution in [2.75, 3.05) is 11.5 Å². The molecule has 1 aliphatic rings. The third kappa shape index (κ3) is 4.52. The number of hydrogen-bond acceptors (Lipinski definition) is 6. The van der Waals surface area contributed by atoms with E-state index in [1.165, 1.54) is 16.2 Å². The molecule has 2 heterocycles. The zero-order valence-electron chi connectivity index (χ0n) is 20.2. The first-order valence-corrected chi connectivity index (χ1v) is 12.8. The smallest absolute Gasteiger partial charge is 0.301 e. The number of Topliss-reactive ketones (excluding diaryl/α,β-unsaturated/α-hetero) is 1. The summed E-state index contributed by atoms with van der Waals surface area (Å²) >= 11 is 7.42. The number of halogens is 1. The van der Waals surface area contributed by atoms with Crippen molar-refractivity contribution in [3.05, 3.63) is 106 Å². The molecule has 3 aromatic carbocycles. The van der Waals surface area contributed by atoms with Crippen molar-refractivity contribution < 1.29 is 19.4 Å². The molecule has 1 atom stereocenters. The molecule has 37 heavy (non-hydrogen) atoms. The van der Waals surface area contributed by atoms with Gasteiger partial charge in [-0.15, -0.1) is 0 Å². The van der Waals surface area contributed by atoms with Crippen LogP contribution in [0.15, 0.2) is 78.9 Å². The number of carbonyl (C=O) groups excluding carboxylic acids is 2. The minimum Gasteiger partial charge on any atom is -0.507 e. The first-order chi connectivity index (χ1) is 17.8. The molecule has 1 N–H and O–H groups in total. The van der Waals surface area contributed by atoms with E-state index in [9.17, 15) is 14.7 Å². The standard InChI is InChI=1S/C29H23ClN2O4S/c1-4-13-36-20-10-7-18(8-11-20)25-24(26(33)21-14-16(2)5-6-17(21)3)27(34)28(35)32(25)29-31-22-12-9-19(30)15-23(22)37-29/h4-12,14-15,25,33H,1,13H2,2-3H3. The zero-order chi connectivity index (χ0) is 26.3. The predicted octanol–water partition coefficient (Wildman–Crippen LogP) is 6.76. The number of nitrogens with zero attached hydrogens (tertiary/aromatic N) is 2. The molecule has 1 aromatic heterocycles. The highest BCUT2D eigenvalue weighted by atomic mass is 35.5. The molecular weight excluding hydrogens is 508 g/mol. The topological polar surface area (TPSA) is 79.7 Å². The van der Waals surface area contributed by atoms with Crippen LogP contribution in [0.1, 0.15) is 28.3 Å². The van der Waals surface area contributed by atoms with E-state index in [1.54, 1.807) is 54.6 Å². The first kappa shape index (κ1) is 24.7. The van der Waals surface area contributed by atoms with Gasteiger partial charge in [0.05, 0.1) is 21.8 Å². The monoisotopic (exact) mass is 530 g/mol. The minimum atomic E-state index is -0.885. The maximum absolute atomic E-state index is 13.5. The van der Waals surface area contributed by atoms with E-state index >= 15 is 0 Å². The van der Waals surface area contributed by atoms with Crippen LogP contribution in [0.4, 0.5) is 5.13 Å². The number of benzene rings is 3. The number of amides is 1. The number of hydrogen-bond donors (Lipinski definition) is 1. The Morgan fingerprint density at radius 1 is 1.14 bits per heavy atom. The molecule has 0 bridgehead atoms. The molecule has 0 spiro atoms. The van der Waals surface area contributed by atoms with Crippen LogP contribution < -0.4 is 9.64 Å². The van der Waals surface area contributed by atoms with Crippen molar-refractivity contribution in [1.82, 2.24) is 4.98 Å². The molecule has 4 aromatic rings. The number of aryl methyl sites for hydroxylation is 2. The molecule has 0 saturated carbocycles. The highest BCUT2D eigenvalue weighted by molar-refractivity contribution is 7.22. The van der Waals surface area contributed by atoms with E-state index in [4.69, 9.17) is 16.3 Å². The molecule has 0 radical (unpaired) electrons. The van der Waals surface area contributed by atoms with Crippen LogP contribution in [0.25, 0.3) is 16.0 Å². The van der Waals surface area contributed by atoms with Gasteiger partial charge >= 0.3 is 5.91 Å². The van der Waals surface area contributed by atoms with Gasteiger partial charge in [-0.05, 0) is 61.4 Å². The number of aliphatic hydroxyl groups is 1. The number of ketones is 1. The molecule has 1 amide bonds. The number of thiazole rings is 1. The second-order valence-electron chi connectivity index (χ2n) is 8.76. The highest BCUT2D eigenvalue weighted by Crippen LogP contribution is 2.45. The highest BCUT2D eigenvalue weighted by Gasteiger charge is 2.48.